The van der Waals surface area contributed by atoms with Gasteiger partial charge in [0.25, 0.3) is 5.91 Å². The number of aromatic nitrogens is 3. The van der Waals surface area contributed by atoms with Crippen LogP contribution in [0.1, 0.15) is 40.5 Å². The number of nitrogens with zero attached hydrogens (tertiary/aromatic N) is 4. The van der Waals surface area contributed by atoms with Crippen molar-refractivity contribution in [2.24, 2.45) is 0 Å². The predicted molar refractivity (Wildman–Crippen MR) is 117 cm³/mol. The van der Waals surface area contributed by atoms with Crippen LogP contribution in [0.3, 0.4) is 0 Å². The lowest BCUT2D eigenvalue weighted by Gasteiger charge is -2.18. The fourth-order valence-electron chi connectivity index (χ4n) is 3.92. The number of oxazole rings is 1. The minimum atomic E-state index is -0.322. The van der Waals surface area contributed by atoms with E-state index in [9.17, 15) is 4.79 Å². The maximum Gasteiger partial charge on any atom is 0.277 e. The first-order valence-electron chi connectivity index (χ1n) is 10.5. The van der Waals surface area contributed by atoms with Gasteiger partial charge in [0.2, 0.25) is 0 Å². The molecular formula is C23H27N5O3. The summed E-state index contributed by atoms with van der Waals surface area (Å²) >= 11 is 0. The lowest BCUT2D eigenvalue weighted by atomic mass is 10.0. The molecule has 0 saturated carbocycles. The van der Waals surface area contributed by atoms with E-state index in [0.29, 0.717) is 18.1 Å². The van der Waals surface area contributed by atoms with E-state index in [1.807, 2.05) is 32.0 Å². The van der Waals surface area contributed by atoms with Crippen molar-refractivity contribution in [3.8, 4) is 16.9 Å². The van der Waals surface area contributed by atoms with Crippen LogP contribution < -0.4 is 10.1 Å². The van der Waals surface area contributed by atoms with Gasteiger partial charge < -0.3 is 14.5 Å². The maximum absolute atomic E-state index is 12.6. The summed E-state index contributed by atoms with van der Waals surface area (Å²) in [4.78, 5) is 27.7. The zero-order chi connectivity index (χ0) is 21.8. The van der Waals surface area contributed by atoms with E-state index >= 15 is 0 Å². The molecule has 8 heteroatoms. The third kappa shape index (κ3) is 4.74. The molecule has 1 fully saturated rings. The molecule has 1 aromatic carbocycles. The Morgan fingerprint density at radius 2 is 1.87 bits per heavy atom. The fraction of sp³-hybridized carbons (Fsp3) is 0.391. The highest BCUT2D eigenvalue weighted by atomic mass is 16.5. The second kappa shape index (κ2) is 9.26. The summed E-state index contributed by atoms with van der Waals surface area (Å²) in [5.74, 6) is 0.899. The Labute approximate surface area is 181 Å². The molecule has 0 unspecified atom stereocenters. The second-order valence-electron chi connectivity index (χ2n) is 7.74. The van der Waals surface area contributed by atoms with E-state index in [2.05, 4.69) is 25.2 Å². The van der Waals surface area contributed by atoms with E-state index in [4.69, 9.17) is 9.15 Å². The van der Waals surface area contributed by atoms with Crippen LogP contribution in [-0.2, 0) is 0 Å². The summed E-state index contributed by atoms with van der Waals surface area (Å²) in [5, 5.41) is 2.90. The van der Waals surface area contributed by atoms with Crippen LogP contribution in [0.5, 0.6) is 5.75 Å². The Hall–Kier alpha value is -3.26. The highest BCUT2D eigenvalue weighted by molar-refractivity contribution is 6.03. The molecule has 3 heterocycles. The Morgan fingerprint density at radius 3 is 2.55 bits per heavy atom. The summed E-state index contributed by atoms with van der Waals surface area (Å²) in [5.41, 5.74) is 4.37. The van der Waals surface area contributed by atoms with E-state index in [1.54, 1.807) is 13.3 Å². The zero-order valence-electron chi connectivity index (χ0n) is 18.1. The van der Waals surface area contributed by atoms with Gasteiger partial charge in [0.05, 0.1) is 0 Å². The summed E-state index contributed by atoms with van der Waals surface area (Å²) in [6.45, 7) is 9.36. The maximum atomic E-state index is 12.6. The Kier molecular flexibility index (Phi) is 6.27. The zero-order valence-corrected chi connectivity index (χ0v) is 18.1. The molecule has 0 aliphatic carbocycles. The van der Waals surface area contributed by atoms with Crippen LogP contribution in [0.2, 0.25) is 0 Å². The van der Waals surface area contributed by atoms with Crippen molar-refractivity contribution in [2.75, 3.05) is 31.6 Å². The summed E-state index contributed by atoms with van der Waals surface area (Å²) in [6, 6.07) is 5.62. The van der Waals surface area contributed by atoms with Crippen molar-refractivity contribution in [1.82, 2.24) is 19.9 Å². The number of likely N-dealkylation sites (tertiary alicyclic amines) is 1. The average molecular weight is 422 g/mol. The summed E-state index contributed by atoms with van der Waals surface area (Å²) < 4.78 is 11.3. The fourth-order valence-corrected chi connectivity index (χ4v) is 3.92. The Morgan fingerprint density at radius 1 is 1.13 bits per heavy atom. The third-order valence-corrected chi connectivity index (χ3v) is 5.56. The molecule has 0 atom stereocenters. The standard InChI is InChI=1S/C23H27N5O3/c1-15-21(16(2)25-13-24-15)19-12-18(27-23(29)22-17(3)31-14-26-22)6-7-20(19)30-11-10-28-8-4-5-9-28/h6-7,12-14H,4-5,8-11H2,1-3H3,(H,27,29). The van der Waals surface area contributed by atoms with Gasteiger partial charge in [0.15, 0.2) is 12.1 Å². The molecule has 0 bridgehead atoms. The lowest BCUT2D eigenvalue weighted by Crippen LogP contribution is -2.25. The van der Waals surface area contributed by atoms with Crippen LogP contribution in [0.4, 0.5) is 5.69 Å². The number of anilines is 1. The molecule has 0 radical (unpaired) electrons. The highest BCUT2D eigenvalue weighted by Gasteiger charge is 2.18. The number of aryl methyl sites for hydroxylation is 3. The molecule has 1 saturated heterocycles. The molecular weight excluding hydrogens is 394 g/mol. The predicted octanol–water partition coefficient (Wildman–Crippen LogP) is 3.78. The number of benzene rings is 1. The Balaban J connectivity index is 1.61. The molecule has 0 spiro atoms. The van der Waals surface area contributed by atoms with Crippen LogP contribution >= 0.6 is 0 Å². The number of hydrogen-bond donors (Lipinski definition) is 1. The quantitative estimate of drug-likeness (QED) is 0.620. The monoisotopic (exact) mass is 421 g/mol. The van der Waals surface area contributed by atoms with Gasteiger partial charge in [-0.15, -0.1) is 0 Å². The third-order valence-electron chi connectivity index (χ3n) is 5.56. The number of hydrogen-bond acceptors (Lipinski definition) is 7. The van der Waals surface area contributed by atoms with Crippen LogP contribution in [-0.4, -0.2) is 52.0 Å². The van der Waals surface area contributed by atoms with Crippen LogP contribution in [0, 0.1) is 20.8 Å². The van der Waals surface area contributed by atoms with Gasteiger partial charge in [0.1, 0.15) is 24.4 Å². The number of rotatable bonds is 7. The lowest BCUT2D eigenvalue weighted by molar-refractivity contribution is 0.102. The van der Waals surface area contributed by atoms with Crippen molar-refractivity contribution in [3.63, 3.8) is 0 Å². The minimum Gasteiger partial charge on any atom is -0.492 e. The highest BCUT2D eigenvalue weighted by Crippen LogP contribution is 2.35. The van der Waals surface area contributed by atoms with E-state index in [0.717, 1.165) is 47.9 Å². The van der Waals surface area contributed by atoms with Gasteiger partial charge in [0, 0.05) is 34.7 Å². The number of carbonyl (C=O) groups is 1. The van der Waals surface area contributed by atoms with E-state index < -0.39 is 0 Å². The number of amides is 1. The molecule has 1 aliphatic heterocycles. The van der Waals surface area contributed by atoms with E-state index in [1.165, 1.54) is 19.2 Å². The largest absolute Gasteiger partial charge is 0.492 e. The van der Waals surface area contributed by atoms with Crippen molar-refractivity contribution in [2.45, 2.75) is 33.6 Å². The first kappa shape index (κ1) is 21.0. The molecule has 3 aromatic rings. The van der Waals surface area contributed by atoms with Crippen molar-refractivity contribution in [1.29, 1.82) is 0 Å². The molecule has 162 valence electrons. The van der Waals surface area contributed by atoms with Crippen molar-refractivity contribution >= 4 is 11.6 Å². The van der Waals surface area contributed by atoms with Crippen LogP contribution in [0.25, 0.3) is 11.1 Å². The van der Waals surface area contributed by atoms with Crippen LogP contribution in [0.15, 0.2) is 35.3 Å². The minimum absolute atomic E-state index is 0.267. The molecule has 1 aliphatic rings. The molecule has 1 amide bonds. The molecule has 2 aromatic heterocycles. The molecule has 4 rings (SSSR count). The normalized spacial score (nSPS) is 14.0. The first-order chi connectivity index (χ1) is 15.0. The van der Waals surface area contributed by atoms with Gasteiger partial charge in [-0.05, 0) is 64.9 Å². The summed E-state index contributed by atoms with van der Waals surface area (Å²) in [6.07, 6.45) is 5.33. The topological polar surface area (TPSA) is 93.4 Å². The summed E-state index contributed by atoms with van der Waals surface area (Å²) in [7, 11) is 0. The molecule has 31 heavy (non-hydrogen) atoms. The number of carbonyl (C=O) groups excluding carboxylic acids is 1. The van der Waals surface area contributed by atoms with Crippen molar-refractivity contribution < 1.29 is 13.9 Å². The van der Waals surface area contributed by atoms with Crippen molar-refractivity contribution in [3.05, 3.63) is 53.8 Å². The van der Waals surface area contributed by atoms with E-state index in [-0.39, 0.29) is 11.6 Å². The van der Waals surface area contributed by atoms with Gasteiger partial charge in [-0.2, -0.15) is 0 Å². The second-order valence-corrected chi connectivity index (χ2v) is 7.74. The average Bonchev–Trinajstić information content (AvgIpc) is 3.41. The van der Waals surface area contributed by atoms with Gasteiger partial charge in [-0.3, -0.25) is 9.69 Å². The van der Waals surface area contributed by atoms with Gasteiger partial charge in [-0.25, -0.2) is 15.0 Å². The smallest absolute Gasteiger partial charge is 0.277 e. The SMILES string of the molecule is Cc1ncnc(C)c1-c1cc(NC(=O)c2ncoc2C)ccc1OCCN1CCCC1. The van der Waals surface area contributed by atoms with Gasteiger partial charge >= 0.3 is 0 Å². The number of ether oxygens (including phenoxy) is 1. The molecule has 1 N–H and O–H groups in total. The first-order valence-corrected chi connectivity index (χ1v) is 10.5. The Bertz CT molecular complexity index is 1050. The van der Waals surface area contributed by atoms with Gasteiger partial charge in [-0.1, -0.05) is 0 Å². The number of nitrogens with one attached hydrogen (secondary N) is 1. The molecule has 8 nitrogen and oxygen atoms in total.